The van der Waals surface area contributed by atoms with Gasteiger partial charge in [-0.25, -0.2) is 8.42 Å². The van der Waals surface area contributed by atoms with Gasteiger partial charge >= 0.3 is 5.97 Å². The predicted molar refractivity (Wildman–Crippen MR) is 93.7 cm³/mol. The van der Waals surface area contributed by atoms with Crippen molar-refractivity contribution in [3.05, 3.63) is 65.2 Å². The van der Waals surface area contributed by atoms with E-state index in [1.54, 1.807) is 42.5 Å². The first kappa shape index (κ1) is 17.6. The number of aliphatic imine (C=N–C) groups is 1. The van der Waals surface area contributed by atoms with E-state index in [0.29, 0.717) is 11.1 Å². The monoisotopic (exact) mass is 369 g/mol. The highest BCUT2D eigenvalue weighted by Gasteiger charge is 2.29. The highest BCUT2D eigenvalue weighted by Crippen LogP contribution is 2.22. The van der Waals surface area contributed by atoms with Gasteiger partial charge in [0.2, 0.25) is 0 Å². The lowest BCUT2D eigenvalue weighted by molar-refractivity contribution is -0.144. The maximum atomic E-state index is 12.0. The summed E-state index contributed by atoms with van der Waals surface area (Å²) in [6.07, 6.45) is 0.0192. The van der Waals surface area contributed by atoms with Crippen LogP contribution in [0.4, 0.5) is 0 Å². The number of nitrogens with one attached hydrogen (secondary N) is 1. The number of ether oxygens (including phenoxy) is 1. The average molecular weight is 369 g/mol. The molecule has 0 aromatic heterocycles. The smallest absolute Gasteiger partial charge is 0.308 e. The Hall–Kier alpha value is -3.18. The van der Waals surface area contributed by atoms with Crippen molar-refractivity contribution >= 4 is 21.8 Å². The number of esters is 1. The summed E-state index contributed by atoms with van der Waals surface area (Å²) in [5, 5.41) is 8.84. The summed E-state index contributed by atoms with van der Waals surface area (Å²) < 4.78 is 31.5. The maximum absolute atomic E-state index is 12.0. The second kappa shape index (κ2) is 7.37. The molecule has 2 aromatic rings. The number of amidine groups is 1. The average Bonchev–Trinajstić information content (AvgIpc) is 2.91. The van der Waals surface area contributed by atoms with E-state index < -0.39 is 16.0 Å². The van der Waals surface area contributed by atoms with Crippen molar-refractivity contribution in [3.8, 4) is 6.07 Å². The summed E-state index contributed by atoms with van der Waals surface area (Å²) >= 11 is 0. The van der Waals surface area contributed by atoms with Gasteiger partial charge in [0.05, 0.1) is 29.5 Å². The van der Waals surface area contributed by atoms with E-state index in [1.165, 1.54) is 6.07 Å². The van der Waals surface area contributed by atoms with E-state index in [9.17, 15) is 13.2 Å². The van der Waals surface area contributed by atoms with Crippen LogP contribution in [0.3, 0.4) is 0 Å². The Balaban J connectivity index is 1.56. The Morgan fingerprint density at radius 3 is 2.81 bits per heavy atom. The molecule has 1 aliphatic rings. The van der Waals surface area contributed by atoms with Crippen LogP contribution in [0.15, 0.2) is 58.4 Å². The molecule has 0 amide bonds. The van der Waals surface area contributed by atoms with Crippen LogP contribution in [0.2, 0.25) is 0 Å². The van der Waals surface area contributed by atoms with Crippen LogP contribution in [0.5, 0.6) is 0 Å². The molecule has 3 rings (SSSR count). The molecule has 0 fully saturated rings. The summed E-state index contributed by atoms with van der Waals surface area (Å²) in [5.74, 6) is -0.221. The third kappa shape index (κ3) is 3.90. The topological polar surface area (TPSA) is 109 Å². The van der Waals surface area contributed by atoms with Crippen molar-refractivity contribution in [3.63, 3.8) is 0 Å². The summed E-state index contributed by atoms with van der Waals surface area (Å²) in [6, 6.07) is 15.3. The van der Waals surface area contributed by atoms with Gasteiger partial charge in [-0.15, -0.1) is 0 Å². The van der Waals surface area contributed by atoms with Gasteiger partial charge < -0.3 is 4.74 Å². The SMILES string of the molecule is N#Cc1cccc(COC(=O)CCN=C2NS(=O)(=O)c3ccccc32)c1. The zero-order valence-electron chi connectivity index (χ0n) is 13.7. The Labute approximate surface area is 151 Å². The molecule has 8 heteroatoms. The van der Waals surface area contributed by atoms with Gasteiger partial charge in [0, 0.05) is 5.56 Å². The minimum atomic E-state index is -3.58. The summed E-state index contributed by atoms with van der Waals surface area (Å²) in [6.45, 7) is 0.170. The predicted octanol–water partition coefficient (Wildman–Crippen LogP) is 1.73. The van der Waals surface area contributed by atoms with Gasteiger partial charge in [-0.3, -0.25) is 14.5 Å². The fourth-order valence-electron chi connectivity index (χ4n) is 2.48. The highest BCUT2D eigenvalue weighted by molar-refractivity contribution is 7.90. The Kier molecular flexibility index (Phi) is 5.00. The number of fused-ring (bicyclic) bond motifs is 1. The molecular formula is C18H15N3O4S. The number of nitrogens with zero attached hydrogens (tertiary/aromatic N) is 2. The fraction of sp³-hybridized carbons (Fsp3) is 0.167. The normalized spacial score (nSPS) is 15.7. The molecule has 1 heterocycles. The lowest BCUT2D eigenvalue weighted by Gasteiger charge is -2.04. The minimum Gasteiger partial charge on any atom is -0.461 e. The molecule has 132 valence electrons. The summed E-state index contributed by atoms with van der Waals surface area (Å²) in [5.41, 5.74) is 1.72. The Morgan fingerprint density at radius 2 is 2.00 bits per heavy atom. The van der Waals surface area contributed by atoms with Gasteiger partial charge in [0.1, 0.15) is 12.4 Å². The molecule has 2 aromatic carbocycles. The number of carbonyl (C=O) groups excluding carboxylic acids is 1. The zero-order valence-corrected chi connectivity index (χ0v) is 14.5. The number of hydrogen-bond acceptors (Lipinski definition) is 6. The molecule has 1 N–H and O–H groups in total. The van der Waals surface area contributed by atoms with Crippen LogP contribution in [-0.2, 0) is 26.2 Å². The van der Waals surface area contributed by atoms with Gasteiger partial charge in [0.15, 0.2) is 0 Å². The molecule has 0 radical (unpaired) electrons. The van der Waals surface area contributed by atoms with Gasteiger partial charge in [-0.2, -0.15) is 5.26 Å². The maximum Gasteiger partial charge on any atom is 0.308 e. The van der Waals surface area contributed by atoms with E-state index in [4.69, 9.17) is 10.00 Å². The van der Waals surface area contributed by atoms with Crippen LogP contribution in [0, 0.1) is 11.3 Å². The first-order valence-electron chi connectivity index (χ1n) is 7.81. The third-order valence-corrected chi connectivity index (χ3v) is 5.10. The zero-order chi connectivity index (χ0) is 18.6. The Bertz CT molecular complexity index is 1020. The largest absolute Gasteiger partial charge is 0.461 e. The number of nitriles is 1. The molecule has 1 aliphatic heterocycles. The van der Waals surface area contributed by atoms with Gasteiger partial charge in [-0.05, 0) is 29.8 Å². The number of carbonyl (C=O) groups is 1. The first-order valence-corrected chi connectivity index (χ1v) is 9.29. The number of hydrogen-bond donors (Lipinski definition) is 1. The van der Waals surface area contributed by atoms with E-state index >= 15 is 0 Å². The van der Waals surface area contributed by atoms with Gasteiger partial charge in [0.25, 0.3) is 10.0 Å². The van der Waals surface area contributed by atoms with Crippen LogP contribution in [0.25, 0.3) is 0 Å². The second-order valence-electron chi connectivity index (χ2n) is 5.55. The van der Waals surface area contributed by atoms with E-state index in [1.807, 2.05) is 6.07 Å². The molecule has 7 nitrogen and oxygen atoms in total. The van der Waals surface area contributed by atoms with Crippen LogP contribution in [-0.4, -0.2) is 26.8 Å². The number of sulfonamides is 1. The fourth-order valence-corrected chi connectivity index (χ4v) is 3.73. The molecule has 26 heavy (non-hydrogen) atoms. The second-order valence-corrected chi connectivity index (χ2v) is 7.21. The summed E-state index contributed by atoms with van der Waals surface area (Å²) in [4.78, 5) is 16.2. The van der Waals surface area contributed by atoms with Crippen LogP contribution in [0.1, 0.15) is 23.1 Å². The number of benzene rings is 2. The molecule has 0 saturated carbocycles. The highest BCUT2D eigenvalue weighted by atomic mass is 32.2. The van der Waals surface area contributed by atoms with Crippen molar-refractivity contribution in [1.82, 2.24) is 4.72 Å². The lowest BCUT2D eigenvalue weighted by Crippen LogP contribution is -2.22. The molecule has 0 saturated heterocycles. The van der Waals surface area contributed by atoms with Crippen LogP contribution >= 0.6 is 0 Å². The van der Waals surface area contributed by atoms with Crippen molar-refractivity contribution in [2.75, 3.05) is 6.54 Å². The van der Waals surface area contributed by atoms with E-state index in [2.05, 4.69) is 9.71 Å². The van der Waals surface area contributed by atoms with Crippen molar-refractivity contribution < 1.29 is 17.9 Å². The third-order valence-electron chi connectivity index (χ3n) is 3.70. The first-order chi connectivity index (χ1) is 12.5. The Morgan fingerprint density at radius 1 is 1.19 bits per heavy atom. The standard InChI is InChI=1S/C18H15N3O4S/c19-11-13-4-3-5-14(10-13)12-25-17(22)8-9-20-18-15-6-1-2-7-16(15)26(23,24)21-18/h1-7,10H,8-9,12H2,(H,20,21). The molecule has 0 spiro atoms. The molecular weight excluding hydrogens is 354 g/mol. The van der Waals surface area contributed by atoms with E-state index in [0.717, 1.165) is 5.56 Å². The quantitative estimate of drug-likeness (QED) is 0.808. The van der Waals surface area contributed by atoms with Crippen molar-refractivity contribution in [2.45, 2.75) is 17.9 Å². The molecule has 0 aliphatic carbocycles. The van der Waals surface area contributed by atoms with Crippen molar-refractivity contribution in [1.29, 1.82) is 5.26 Å². The molecule has 0 bridgehead atoms. The van der Waals surface area contributed by atoms with Crippen molar-refractivity contribution in [2.24, 2.45) is 4.99 Å². The number of rotatable bonds is 5. The molecule has 0 unspecified atom stereocenters. The van der Waals surface area contributed by atoms with E-state index in [-0.39, 0.29) is 30.3 Å². The lowest BCUT2D eigenvalue weighted by atomic mass is 10.1. The van der Waals surface area contributed by atoms with Gasteiger partial charge in [-0.1, -0.05) is 24.3 Å². The molecule has 0 atom stereocenters. The van der Waals surface area contributed by atoms with Crippen LogP contribution < -0.4 is 4.72 Å². The minimum absolute atomic E-state index is 0.0192. The summed E-state index contributed by atoms with van der Waals surface area (Å²) in [7, 11) is -3.58.